The highest BCUT2D eigenvalue weighted by molar-refractivity contribution is 7.15. The molecule has 0 N–H and O–H groups in total. The second kappa shape index (κ2) is 16.6. The van der Waals surface area contributed by atoms with Gasteiger partial charge in [0.25, 0.3) is 16.6 Å². The summed E-state index contributed by atoms with van der Waals surface area (Å²) in [4.78, 5) is 0. The molecule has 7 aromatic carbocycles. The van der Waals surface area contributed by atoms with Crippen molar-refractivity contribution in [1.82, 2.24) is 0 Å². The van der Waals surface area contributed by atoms with Gasteiger partial charge in [-0.1, -0.05) is 239 Å². The Hall–Kier alpha value is -4.89. The molecule has 0 spiro atoms. The van der Waals surface area contributed by atoms with Crippen molar-refractivity contribution >= 4 is 61.5 Å². The van der Waals surface area contributed by atoms with Gasteiger partial charge < -0.3 is 8.23 Å². The van der Waals surface area contributed by atoms with Gasteiger partial charge in [-0.3, -0.25) is 0 Å². The maximum Gasteiger partial charge on any atom is 0.353 e. The molecule has 0 saturated carbocycles. The van der Waals surface area contributed by atoms with Crippen LogP contribution >= 0.6 is 0 Å². The monoisotopic (exact) mass is 725 g/mol. The minimum atomic E-state index is -3.48. The molecule has 1 radical (unpaired) electrons. The van der Waals surface area contributed by atoms with Crippen LogP contribution in [0, 0.1) is 6.92 Å². The molecule has 0 atom stereocenters. The minimum absolute atomic E-state index is 0.787. The molecule has 7 rings (SSSR count). The Balaban J connectivity index is 1.60. The third-order valence-corrected chi connectivity index (χ3v) is 24.1. The average molecular weight is 726 g/mol. The summed E-state index contributed by atoms with van der Waals surface area (Å²) in [6.07, 6.45) is 2.79. The summed E-state index contributed by atoms with van der Waals surface area (Å²) >= 11 is 0. The van der Waals surface area contributed by atoms with Crippen molar-refractivity contribution in [3.63, 3.8) is 0 Å². The largest absolute Gasteiger partial charge is 0.422 e. The summed E-state index contributed by atoms with van der Waals surface area (Å²) in [6.45, 7) is 4.26. The quantitative estimate of drug-likeness (QED) is 0.0666. The zero-order valence-corrected chi connectivity index (χ0v) is 32.6. The van der Waals surface area contributed by atoms with Gasteiger partial charge in [0.2, 0.25) is 0 Å². The van der Waals surface area contributed by atoms with E-state index >= 15 is 0 Å². The maximum atomic E-state index is 8.51. The van der Waals surface area contributed by atoms with Crippen molar-refractivity contribution < 1.29 is 8.23 Å². The number of rotatable bonds is 15. The first-order valence-electron chi connectivity index (χ1n) is 18.3. The predicted octanol–water partition coefficient (Wildman–Crippen LogP) is 6.71. The molecule has 2 nitrogen and oxygen atoms in total. The van der Waals surface area contributed by atoms with Crippen LogP contribution in [0.5, 0.6) is 0 Å². The number of hydrogen-bond acceptors (Lipinski definition) is 2. The van der Waals surface area contributed by atoms with Crippen LogP contribution in [0.3, 0.4) is 0 Å². The number of hydrogen-bond donors (Lipinski definition) is 0. The lowest BCUT2D eigenvalue weighted by atomic mass is 10.3. The summed E-state index contributed by atoms with van der Waals surface area (Å²) in [5.41, 5.74) is 0. The van der Waals surface area contributed by atoms with Gasteiger partial charge >= 0.3 is 8.56 Å². The second-order valence-electron chi connectivity index (χ2n) is 13.2. The Bertz CT molecular complexity index is 1760. The van der Waals surface area contributed by atoms with Crippen LogP contribution in [0.15, 0.2) is 212 Å². The molecule has 0 aliphatic carbocycles. The molecule has 0 aliphatic rings. The van der Waals surface area contributed by atoms with Crippen molar-refractivity contribution in [2.24, 2.45) is 0 Å². The molecular weight excluding hydrogens is 681 g/mol. The topological polar surface area (TPSA) is 18.5 Å². The van der Waals surface area contributed by atoms with Gasteiger partial charge in [0.1, 0.15) is 0 Å². The van der Waals surface area contributed by atoms with E-state index in [2.05, 4.69) is 219 Å². The fraction of sp³-hybridized carbons (Fsp3) is 0.0851. The standard InChI is InChI=1S/C47H45O2Si3/c1-2-3-25-40-50(41-26-11-4-12-27-41,48-51(42-28-13-5-14-29-42,43-30-15-6-16-31-43)44-32-17-7-18-33-44)49-52(45-34-19-8-20-35-45,46-36-21-9-22-37-46)47-38-23-10-24-39-47/h4-24,26-39H,1-3,25,40H2. The van der Waals surface area contributed by atoms with E-state index < -0.39 is 25.2 Å². The summed E-state index contributed by atoms with van der Waals surface area (Å²) in [5, 5.41) is 8.36. The lowest BCUT2D eigenvalue weighted by molar-refractivity contribution is 0.405. The highest BCUT2D eigenvalue weighted by atomic mass is 28.5. The van der Waals surface area contributed by atoms with Gasteiger partial charge in [0.05, 0.1) is 0 Å². The highest BCUT2D eigenvalue weighted by Crippen LogP contribution is 2.28. The van der Waals surface area contributed by atoms with Crippen molar-refractivity contribution in [3.8, 4) is 0 Å². The van der Waals surface area contributed by atoms with Gasteiger partial charge in [-0.25, -0.2) is 0 Å². The lowest BCUT2D eigenvalue weighted by Crippen LogP contribution is -2.80. The summed E-state index contributed by atoms with van der Waals surface area (Å²) in [5.74, 6) is 0. The molecule has 52 heavy (non-hydrogen) atoms. The van der Waals surface area contributed by atoms with E-state index in [1.807, 2.05) is 0 Å². The van der Waals surface area contributed by atoms with Crippen LogP contribution in [0.4, 0.5) is 0 Å². The Kier molecular flexibility index (Phi) is 11.4. The van der Waals surface area contributed by atoms with E-state index in [0.717, 1.165) is 30.5 Å². The molecule has 0 aliphatic heterocycles. The Morgan fingerprint density at radius 2 is 0.538 bits per heavy atom. The Morgan fingerprint density at radius 3 is 0.769 bits per heavy atom. The van der Waals surface area contributed by atoms with Gasteiger partial charge in [-0.2, -0.15) is 0 Å². The lowest BCUT2D eigenvalue weighted by Gasteiger charge is -2.47. The fourth-order valence-electron chi connectivity index (χ4n) is 7.50. The van der Waals surface area contributed by atoms with Crippen LogP contribution in [0.2, 0.25) is 6.04 Å². The van der Waals surface area contributed by atoms with E-state index in [-0.39, 0.29) is 0 Å². The second-order valence-corrected chi connectivity index (χ2v) is 23.6. The summed E-state index contributed by atoms with van der Waals surface area (Å²) < 4.78 is 17.0. The molecule has 0 aromatic heterocycles. The Morgan fingerprint density at radius 1 is 0.308 bits per heavy atom. The SMILES string of the molecule is [CH2]CCCC[Si](O[Si](c1ccccc1)(c1ccccc1)c1ccccc1)(O[Si](c1ccccc1)(c1ccccc1)c1ccccc1)c1ccccc1. The van der Waals surface area contributed by atoms with E-state index in [9.17, 15) is 0 Å². The van der Waals surface area contributed by atoms with Crippen molar-refractivity contribution in [2.75, 3.05) is 0 Å². The van der Waals surface area contributed by atoms with Gasteiger partial charge in [-0.15, -0.1) is 0 Å². The molecule has 0 unspecified atom stereocenters. The zero-order chi connectivity index (χ0) is 35.5. The van der Waals surface area contributed by atoms with Gasteiger partial charge in [0.15, 0.2) is 0 Å². The highest BCUT2D eigenvalue weighted by Gasteiger charge is 2.57. The van der Waals surface area contributed by atoms with E-state index in [0.29, 0.717) is 0 Å². The normalized spacial score (nSPS) is 12.0. The maximum absolute atomic E-state index is 8.51. The summed E-state index contributed by atoms with van der Waals surface area (Å²) in [6, 6.07) is 77.3. The van der Waals surface area contributed by atoms with E-state index in [1.165, 1.54) is 31.1 Å². The number of unbranched alkanes of at least 4 members (excludes halogenated alkanes) is 2. The molecular formula is C47H45O2Si3. The Labute approximate surface area is 312 Å². The zero-order valence-electron chi connectivity index (χ0n) is 29.6. The van der Waals surface area contributed by atoms with Crippen molar-refractivity contribution in [1.29, 1.82) is 0 Å². The van der Waals surface area contributed by atoms with Crippen molar-refractivity contribution in [3.05, 3.63) is 219 Å². The molecule has 7 aromatic rings. The smallest absolute Gasteiger partial charge is 0.353 e. The van der Waals surface area contributed by atoms with Crippen LogP contribution in [0.25, 0.3) is 0 Å². The minimum Gasteiger partial charge on any atom is -0.422 e. The van der Waals surface area contributed by atoms with Crippen molar-refractivity contribution in [2.45, 2.75) is 25.3 Å². The van der Waals surface area contributed by atoms with Crippen LogP contribution in [-0.4, -0.2) is 25.2 Å². The molecule has 0 amide bonds. The van der Waals surface area contributed by atoms with Crippen LogP contribution in [-0.2, 0) is 8.23 Å². The number of benzene rings is 7. The van der Waals surface area contributed by atoms with E-state index in [1.54, 1.807) is 0 Å². The first-order chi connectivity index (χ1) is 25.7. The third kappa shape index (κ3) is 7.11. The first kappa shape index (κ1) is 35.5. The third-order valence-electron chi connectivity index (χ3n) is 9.94. The molecule has 0 fully saturated rings. The molecule has 0 saturated heterocycles. The van der Waals surface area contributed by atoms with Gasteiger partial charge in [0, 0.05) is 0 Å². The van der Waals surface area contributed by atoms with Crippen LogP contribution < -0.4 is 36.3 Å². The average Bonchev–Trinajstić information content (AvgIpc) is 3.24. The van der Waals surface area contributed by atoms with Gasteiger partial charge in [-0.05, 0) is 42.4 Å². The predicted molar refractivity (Wildman–Crippen MR) is 226 cm³/mol. The summed E-state index contributed by atoms with van der Waals surface area (Å²) in [7, 11) is -10.0. The molecule has 5 heteroatoms. The molecule has 0 bridgehead atoms. The molecule has 0 heterocycles. The van der Waals surface area contributed by atoms with E-state index in [4.69, 9.17) is 8.23 Å². The first-order valence-corrected chi connectivity index (χ1v) is 24.1. The fourth-order valence-corrected chi connectivity index (χ4v) is 24.3. The van der Waals surface area contributed by atoms with Crippen LogP contribution in [0.1, 0.15) is 19.3 Å². The molecule has 257 valence electrons.